The Labute approximate surface area is 135 Å². The molecule has 1 saturated heterocycles. The highest BCUT2D eigenvalue weighted by atomic mass is 32.1. The number of thiophene rings is 1. The molecule has 0 bridgehead atoms. The largest absolute Gasteiger partial charge is 0.337 e. The van der Waals surface area contributed by atoms with Gasteiger partial charge in [0.15, 0.2) is 0 Å². The number of carbonyl (C=O) groups is 1. The van der Waals surface area contributed by atoms with E-state index in [1.54, 1.807) is 17.7 Å². The Morgan fingerprint density at radius 3 is 2.95 bits per heavy atom. The fourth-order valence-corrected chi connectivity index (χ4v) is 4.25. The molecule has 0 unspecified atom stereocenters. The first-order valence-electron chi connectivity index (χ1n) is 7.82. The molecular weight excluding hydrogens is 296 g/mol. The van der Waals surface area contributed by atoms with Crippen LogP contribution in [0.1, 0.15) is 51.6 Å². The van der Waals surface area contributed by atoms with E-state index in [0.717, 1.165) is 43.1 Å². The molecule has 2 aromatic heterocycles. The molecule has 1 aliphatic heterocycles. The Kier molecular flexibility index (Phi) is 4.29. The first kappa shape index (κ1) is 15.2. The summed E-state index contributed by atoms with van der Waals surface area (Å²) >= 11 is 1.62. The maximum atomic E-state index is 12.8. The lowest BCUT2D eigenvalue weighted by atomic mass is 9.97. The molecule has 1 fully saturated rings. The van der Waals surface area contributed by atoms with Gasteiger partial charge in [-0.25, -0.2) is 0 Å². The lowest BCUT2D eigenvalue weighted by Gasteiger charge is -2.31. The standard InChI is InChI=1S/C16H22N4OS/c1-4-12-8-14(22-11(12)2)16(21)20-7-5-6-13(9-20)15-18-17-10-19(15)3/h8,10,13H,4-7,9H2,1-3H3/t13-/m1/s1. The molecule has 5 nitrogen and oxygen atoms in total. The van der Waals surface area contributed by atoms with Crippen LogP contribution in [0.5, 0.6) is 0 Å². The molecule has 0 N–H and O–H groups in total. The summed E-state index contributed by atoms with van der Waals surface area (Å²) in [5.74, 6) is 1.44. The third-order valence-electron chi connectivity index (χ3n) is 4.43. The second-order valence-electron chi connectivity index (χ2n) is 5.94. The Morgan fingerprint density at radius 2 is 2.32 bits per heavy atom. The summed E-state index contributed by atoms with van der Waals surface area (Å²) in [5, 5.41) is 8.18. The van der Waals surface area contributed by atoms with E-state index in [0.29, 0.717) is 0 Å². The molecular formula is C16H22N4OS. The summed E-state index contributed by atoms with van der Waals surface area (Å²) in [6.07, 6.45) is 4.80. The zero-order valence-corrected chi connectivity index (χ0v) is 14.2. The number of nitrogens with zero attached hydrogens (tertiary/aromatic N) is 4. The highest BCUT2D eigenvalue weighted by Crippen LogP contribution is 2.28. The molecule has 2 aromatic rings. The fraction of sp³-hybridized carbons (Fsp3) is 0.562. The van der Waals surface area contributed by atoms with Gasteiger partial charge in [-0.2, -0.15) is 0 Å². The number of piperidine rings is 1. The minimum Gasteiger partial charge on any atom is -0.337 e. The van der Waals surface area contributed by atoms with Gasteiger partial charge < -0.3 is 9.47 Å². The van der Waals surface area contributed by atoms with Crippen molar-refractivity contribution >= 4 is 17.2 Å². The van der Waals surface area contributed by atoms with E-state index < -0.39 is 0 Å². The van der Waals surface area contributed by atoms with E-state index in [4.69, 9.17) is 0 Å². The summed E-state index contributed by atoms with van der Waals surface area (Å²) in [5.41, 5.74) is 1.29. The van der Waals surface area contributed by atoms with Crippen LogP contribution in [-0.4, -0.2) is 38.7 Å². The van der Waals surface area contributed by atoms with Gasteiger partial charge in [0.25, 0.3) is 5.91 Å². The summed E-state index contributed by atoms with van der Waals surface area (Å²) in [7, 11) is 1.96. The van der Waals surface area contributed by atoms with Crippen molar-refractivity contribution in [2.75, 3.05) is 13.1 Å². The van der Waals surface area contributed by atoms with Crippen LogP contribution in [0, 0.1) is 6.92 Å². The molecule has 3 rings (SSSR count). The van der Waals surface area contributed by atoms with Crippen LogP contribution in [0.2, 0.25) is 0 Å². The lowest BCUT2D eigenvalue weighted by molar-refractivity contribution is 0.0708. The number of carbonyl (C=O) groups excluding carboxylic acids is 1. The van der Waals surface area contributed by atoms with E-state index in [-0.39, 0.29) is 11.8 Å². The smallest absolute Gasteiger partial charge is 0.263 e. The van der Waals surface area contributed by atoms with E-state index in [1.165, 1.54) is 10.4 Å². The molecule has 1 aliphatic rings. The number of likely N-dealkylation sites (tertiary alicyclic amines) is 1. The highest BCUT2D eigenvalue weighted by Gasteiger charge is 2.28. The second kappa shape index (κ2) is 6.20. The maximum absolute atomic E-state index is 12.8. The van der Waals surface area contributed by atoms with Crippen LogP contribution in [0.3, 0.4) is 0 Å². The van der Waals surface area contributed by atoms with E-state index >= 15 is 0 Å². The first-order valence-corrected chi connectivity index (χ1v) is 8.64. The maximum Gasteiger partial charge on any atom is 0.263 e. The summed E-state index contributed by atoms with van der Waals surface area (Å²) in [6.45, 7) is 5.81. The number of amides is 1. The Balaban J connectivity index is 1.76. The number of aromatic nitrogens is 3. The predicted octanol–water partition coefficient (Wildman–Crippen LogP) is 2.77. The van der Waals surface area contributed by atoms with Gasteiger partial charge in [-0.1, -0.05) is 6.92 Å². The van der Waals surface area contributed by atoms with Crippen molar-refractivity contribution in [1.82, 2.24) is 19.7 Å². The van der Waals surface area contributed by atoms with Gasteiger partial charge in [0, 0.05) is 30.9 Å². The number of aryl methyl sites for hydroxylation is 3. The molecule has 0 spiro atoms. The number of rotatable bonds is 3. The van der Waals surface area contributed by atoms with Crippen LogP contribution < -0.4 is 0 Å². The minimum atomic E-state index is 0.166. The van der Waals surface area contributed by atoms with Gasteiger partial charge in [-0.3, -0.25) is 4.79 Å². The first-order chi connectivity index (χ1) is 10.6. The van der Waals surface area contributed by atoms with Crippen LogP contribution in [0.15, 0.2) is 12.4 Å². The topological polar surface area (TPSA) is 51.0 Å². The Bertz CT molecular complexity index is 675. The lowest BCUT2D eigenvalue weighted by Crippen LogP contribution is -2.39. The molecule has 0 radical (unpaired) electrons. The molecule has 1 atom stereocenters. The Morgan fingerprint density at radius 1 is 1.50 bits per heavy atom. The number of hydrogen-bond acceptors (Lipinski definition) is 4. The van der Waals surface area contributed by atoms with Crippen molar-refractivity contribution in [2.24, 2.45) is 7.05 Å². The van der Waals surface area contributed by atoms with Crippen molar-refractivity contribution in [3.8, 4) is 0 Å². The average molecular weight is 318 g/mol. The second-order valence-corrected chi connectivity index (χ2v) is 7.19. The summed E-state index contributed by atoms with van der Waals surface area (Å²) in [4.78, 5) is 16.9. The third kappa shape index (κ3) is 2.79. The SMILES string of the molecule is CCc1cc(C(=O)N2CCC[C@@H](c3nncn3C)C2)sc1C. The zero-order valence-electron chi connectivity index (χ0n) is 13.4. The highest BCUT2D eigenvalue weighted by molar-refractivity contribution is 7.14. The quantitative estimate of drug-likeness (QED) is 0.874. The van der Waals surface area contributed by atoms with Gasteiger partial charge in [0.2, 0.25) is 0 Å². The molecule has 22 heavy (non-hydrogen) atoms. The normalized spacial score (nSPS) is 18.7. The van der Waals surface area contributed by atoms with Crippen LogP contribution in [0.4, 0.5) is 0 Å². The van der Waals surface area contributed by atoms with Crippen LogP contribution in [0.25, 0.3) is 0 Å². The summed E-state index contributed by atoms with van der Waals surface area (Å²) in [6, 6.07) is 2.06. The van der Waals surface area contributed by atoms with Gasteiger partial charge >= 0.3 is 0 Å². The molecule has 6 heteroatoms. The van der Waals surface area contributed by atoms with Gasteiger partial charge in [0.1, 0.15) is 12.2 Å². The van der Waals surface area contributed by atoms with Crippen LogP contribution >= 0.6 is 11.3 Å². The van der Waals surface area contributed by atoms with Crippen molar-refractivity contribution in [1.29, 1.82) is 0 Å². The molecule has 0 aliphatic carbocycles. The van der Waals surface area contributed by atoms with Crippen molar-refractivity contribution in [3.63, 3.8) is 0 Å². The fourth-order valence-electron chi connectivity index (χ4n) is 3.17. The zero-order chi connectivity index (χ0) is 15.7. The molecule has 0 aromatic carbocycles. The van der Waals surface area contributed by atoms with Gasteiger partial charge in [0.05, 0.1) is 4.88 Å². The van der Waals surface area contributed by atoms with Crippen molar-refractivity contribution < 1.29 is 4.79 Å². The van der Waals surface area contributed by atoms with Crippen molar-refractivity contribution in [3.05, 3.63) is 33.5 Å². The molecule has 0 saturated carbocycles. The molecule has 118 valence electrons. The Hall–Kier alpha value is -1.69. The number of hydrogen-bond donors (Lipinski definition) is 0. The molecule has 1 amide bonds. The van der Waals surface area contributed by atoms with E-state index in [9.17, 15) is 4.79 Å². The van der Waals surface area contributed by atoms with Crippen molar-refractivity contribution in [2.45, 2.75) is 39.0 Å². The predicted molar refractivity (Wildman–Crippen MR) is 87.3 cm³/mol. The minimum absolute atomic E-state index is 0.166. The average Bonchev–Trinajstić information content (AvgIpc) is 3.12. The van der Waals surface area contributed by atoms with Crippen LogP contribution in [-0.2, 0) is 13.5 Å². The van der Waals surface area contributed by atoms with E-state index in [1.807, 2.05) is 16.5 Å². The third-order valence-corrected chi connectivity index (χ3v) is 5.51. The van der Waals surface area contributed by atoms with E-state index in [2.05, 4.69) is 30.1 Å². The van der Waals surface area contributed by atoms with Gasteiger partial charge in [-0.15, -0.1) is 21.5 Å². The summed E-state index contributed by atoms with van der Waals surface area (Å²) < 4.78 is 1.96. The molecule has 3 heterocycles. The van der Waals surface area contributed by atoms with Gasteiger partial charge in [-0.05, 0) is 37.8 Å². The monoisotopic (exact) mass is 318 g/mol.